The van der Waals surface area contributed by atoms with E-state index in [0.29, 0.717) is 0 Å². The van der Waals surface area contributed by atoms with Crippen LogP contribution in [-0.4, -0.2) is 46.4 Å². The van der Waals surface area contributed by atoms with Gasteiger partial charge in [-0.2, -0.15) is 0 Å². The highest BCUT2D eigenvalue weighted by Crippen LogP contribution is 2.22. The number of nitrogens with zero attached hydrogens (tertiary/aromatic N) is 3. The van der Waals surface area contributed by atoms with E-state index < -0.39 is 11.7 Å². The summed E-state index contributed by atoms with van der Waals surface area (Å²) in [6.45, 7) is 0. The number of carboxylic acids is 1. The Labute approximate surface area is 160 Å². The molecule has 11 heteroatoms. The number of carbonyl (C=O) groups is 2. The number of aromatic nitrogens is 3. The Morgan fingerprint density at radius 1 is 1.11 bits per heavy atom. The summed E-state index contributed by atoms with van der Waals surface area (Å²) in [6.07, 6.45) is 0.750. The number of hydrogen-bond donors (Lipinski definition) is 4. The van der Waals surface area contributed by atoms with Gasteiger partial charge in [-0.1, -0.05) is 46.0 Å². The van der Waals surface area contributed by atoms with E-state index in [1.165, 1.54) is 17.0 Å². The van der Waals surface area contributed by atoms with Crippen molar-refractivity contribution < 1.29 is 24.8 Å². The first kappa shape index (κ1) is 21.9. The average Bonchev–Trinajstić information content (AvgIpc) is 2.60. The summed E-state index contributed by atoms with van der Waals surface area (Å²) in [4.78, 5) is 31.1. The number of carboxylic acid groups (broad SMARTS) is 1. The number of hydrogen-bond acceptors (Lipinski definition) is 8. The predicted octanol–water partition coefficient (Wildman–Crippen LogP) is -0.647. The van der Waals surface area contributed by atoms with Crippen molar-refractivity contribution in [1.29, 1.82) is 0 Å². The van der Waals surface area contributed by atoms with Gasteiger partial charge in [-0.15, -0.1) is 0 Å². The fourth-order valence-electron chi connectivity index (χ4n) is 1.85. The van der Waals surface area contributed by atoms with Crippen LogP contribution in [0.3, 0.4) is 0 Å². The summed E-state index contributed by atoms with van der Waals surface area (Å²) in [7, 11) is 3.38. The van der Waals surface area contributed by atoms with Crippen LogP contribution >= 0.6 is 0 Å². The topological polar surface area (TPSA) is 199 Å². The maximum Gasteiger partial charge on any atom is 0.335 e. The Morgan fingerprint density at radius 2 is 1.57 bits per heavy atom. The molecule has 0 spiro atoms. The Kier molecular flexibility index (Phi) is 7.90. The minimum Gasteiger partial charge on any atom is -0.872 e. The number of aromatic carboxylic acids is 1. The molecule has 0 radical (unpaired) electrons. The Morgan fingerprint density at radius 3 is 1.96 bits per heavy atom. The highest BCUT2D eigenvalue weighted by atomic mass is 16.4. The molecule has 28 heavy (non-hydrogen) atoms. The fraction of sp³-hybridized carbons (Fsp3) is 0.118. The molecule has 0 atom stereocenters. The largest absolute Gasteiger partial charge is 0.872 e. The zero-order chi connectivity index (χ0) is 21.3. The number of amides is 1. The van der Waals surface area contributed by atoms with Crippen LogP contribution in [0, 0.1) is 0 Å². The van der Waals surface area contributed by atoms with Crippen LogP contribution in [0.25, 0.3) is 10.8 Å². The summed E-state index contributed by atoms with van der Waals surface area (Å²) in [6, 6.07) is 9.92. The van der Waals surface area contributed by atoms with Crippen LogP contribution in [-0.2, 0) is 4.79 Å². The minimum absolute atomic E-state index is 0.0729. The molecule has 0 unspecified atom stereocenters. The van der Waals surface area contributed by atoms with Gasteiger partial charge in [0.25, 0.3) is 0 Å². The Hall–Kier alpha value is -4.15. The molecule has 1 amide bonds. The lowest BCUT2D eigenvalue weighted by molar-refractivity contribution is -0.350. The van der Waals surface area contributed by atoms with Crippen molar-refractivity contribution in [2.24, 2.45) is 0 Å². The van der Waals surface area contributed by atoms with Gasteiger partial charge in [0.05, 0.1) is 5.56 Å². The van der Waals surface area contributed by atoms with Gasteiger partial charge in [0.15, 0.2) is 0 Å². The Balaban J connectivity index is 0.000000241. The van der Waals surface area contributed by atoms with Crippen LogP contribution in [0.15, 0.2) is 36.4 Å². The van der Waals surface area contributed by atoms with Crippen LogP contribution in [0.4, 0.5) is 17.8 Å². The van der Waals surface area contributed by atoms with Crippen molar-refractivity contribution in [3.63, 3.8) is 0 Å². The molecule has 0 aliphatic carbocycles. The second-order valence-electron chi connectivity index (χ2n) is 5.55. The number of benzene rings is 2. The molecular weight excluding hydrogens is 366 g/mol. The van der Waals surface area contributed by atoms with Crippen molar-refractivity contribution in [1.82, 2.24) is 14.9 Å². The van der Waals surface area contributed by atoms with E-state index in [0.717, 1.165) is 17.2 Å². The second-order valence-corrected chi connectivity index (χ2v) is 5.55. The number of anilines is 3. The normalized spacial score (nSPS) is 9.36. The summed E-state index contributed by atoms with van der Waals surface area (Å²) in [5.41, 5.74) is 15.4. The van der Waals surface area contributed by atoms with Crippen molar-refractivity contribution in [2.45, 2.75) is 0 Å². The van der Waals surface area contributed by atoms with Crippen LogP contribution in [0.1, 0.15) is 10.4 Å². The van der Waals surface area contributed by atoms with Crippen molar-refractivity contribution in [3.05, 3.63) is 42.0 Å². The average molecular weight is 387 g/mol. The number of nitrogens with one attached hydrogen (secondary N) is 1. The number of carbonyl (C=O) groups excluding carboxylic acids is 1. The number of fused-ring (bicyclic) bond motifs is 1. The summed E-state index contributed by atoms with van der Waals surface area (Å²) in [5.74, 6) is -1.22. The zero-order valence-electron chi connectivity index (χ0n) is 15.3. The lowest BCUT2D eigenvalue weighted by Crippen LogP contribution is -2.20. The minimum atomic E-state index is -1.18. The molecule has 1 heterocycles. The van der Waals surface area contributed by atoms with E-state index in [4.69, 9.17) is 22.3 Å². The van der Waals surface area contributed by atoms with Gasteiger partial charge < -0.3 is 32.3 Å². The fourth-order valence-corrected chi connectivity index (χ4v) is 1.85. The molecule has 0 saturated carbocycles. The van der Waals surface area contributed by atoms with E-state index in [2.05, 4.69) is 15.0 Å². The lowest BCUT2D eigenvalue weighted by Gasteiger charge is -2.11. The molecule has 8 N–H and O–H groups in total. The number of rotatable bonds is 2. The van der Waals surface area contributed by atoms with Gasteiger partial charge in [-0.3, -0.25) is 4.79 Å². The molecule has 0 aliphatic rings. The first-order valence-electron chi connectivity index (χ1n) is 7.76. The predicted molar refractivity (Wildman–Crippen MR) is 102 cm³/mol. The lowest BCUT2D eigenvalue weighted by atomic mass is 10.1. The van der Waals surface area contributed by atoms with Crippen LogP contribution < -0.4 is 27.3 Å². The number of nitrogens with two attached hydrogens (primary N) is 3. The highest BCUT2D eigenvalue weighted by molar-refractivity contribution is 5.97. The van der Waals surface area contributed by atoms with Crippen LogP contribution in [0.5, 0.6) is 5.75 Å². The molecule has 0 aliphatic heterocycles. The maximum absolute atomic E-state index is 11.3. The van der Waals surface area contributed by atoms with Gasteiger partial charge in [0, 0.05) is 14.1 Å². The second kappa shape index (κ2) is 10.1. The van der Waals surface area contributed by atoms with Crippen LogP contribution in [0.2, 0.25) is 0 Å². The molecule has 11 nitrogen and oxygen atoms in total. The van der Waals surface area contributed by atoms with Crippen molar-refractivity contribution in [3.8, 4) is 5.75 Å². The smallest absolute Gasteiger partial charge is 0.335 e. The summed E-state index contributed by atoms with van der Waals surface area (Å²) >= 11 is 0. The standard InChI is InChI=1S/C11H8O3.C3H6N6.C3H7NO/c12-10-6-8-4-2-1-3-7(8)5-9(10)11(13)14;4-1-7-2(5)9-3(6)8-1;1-4(2)3-5/h1-6,12H,(H,13,14);(H6,4,5,6,7,8,9);3H,1-2H3. The maximum atomic E-state index is 11.3. The first-order chi connectivity index (χ1) is 13.1. The molecule has 3 aromatic rings. The van der Waals surface area contributed by atoms with Gasteiger partial charge in [-0.05, 0) is 16.8 Å². The molecule has 0 saturated heterocycles. The molecule has 0 fully saturated rings. The molecule has 0 bridgehead atoms. The molecule has 148 valence electrons. The van der Waals surface area contributed by atoms with Gasteiger partial charge in [0.1, 0.15) is 0 Å². The summed E-state index contributed by atoms with van der Waals surface area (Å²) < 4.78 is 0. The van der Waals surface area contributed by atoms with E-state index in [1.807, 2.05) is 6.07 Å². The highest BCUT2D eigenvalue weighted by Gasteiger charge is 2.04. The third-order valence-electron chi connectivity index (χ3n) is 3.02. The van der Waals surface area contributed by atoms with Gasteiger partial charge >= 0.3 is 23.8 Å². The first-order valence-corrected chi connectivity index (χ1v) is 7.76. The zero-order valence-corrected chi connectivity index (χ0v) is 15.3. The van der Waals surface area contributed by atoms with Gasteiger partial charge in [-0.25, -0.2) is 9.78 Å². The Bertz CT molecular complexity index is 913. The van der Waals surface area contributed by atoms with E-state index >= 15 is 0 Å². The molecule has 2 aromatic carbocycles. The molecular formula is C17H21N7O4. The van der Waals surface area contributed by atoms with Gasteiger partial charge in [0.2, 0.25) is 6.41 Å². The number of aromatic amines is 1. The molecule has 1 aromatic heterocycles. The van der Waals surface area contributed by atoms with E-state index in [9.17, 15) is 14.7 Å². The van der Waals surface area contributed by atoms with E-state index in [1.54, 1.807) is 32.3 Å². The summed E-state index contributed by atoms with van der Waals surface area (Å²) in [5, 5.41) is 21.6. The number of H-pyrrole nitrogens is 1. The quantitative estimate of drug-likeness (QED) is 0.412. The SMILES string of the molecule is CN(C)C=O.Nc1nc(N)[nH+]c(N)n1.O=C(O)c1cc2ccccc2cc1[O-]. The molecule has 3 rings (SSSR count). The van der Waals surface area contributed by atoms with Crippen molar-refractivity contribution in [2.75, 3.05) is 31.3 Å². The number of nitrogen functional groups attached to an aromatic ring is 3. The third kappa shape index (κ3) is 7.00. The third-order valence-corrected chi connectivity index (χ3v) is 3.02. The van der Waals surface area contributed by atoms with Crippen molar-refractivity contribution >= 4 is 41.0 Å². The van der Waals surface area contributed by atoms with E-state index in [-0.39, 0.29) is 23.4 Å². The monoisotopic (exact) mass is 387 g/mol.